The van der Waals surface area contributed by atoms with Crippen LogP contribution >= 0.6 is 11.6 Å². The van der Waals surface area contributed by atoms with Crippen molar-refractivity contribution in [3.05, 3.63) is 40.3 Å². The Kier molecular flexibility index (Phi) is 5.29. The second kappa shape index (κ2) is 7.61. The minimum absolute atomic E-state index is 0.0412. The fraction of sp³-hybridized carbons (Fsp3) is 0.524. The molecule has 0 bridgehead atoms. The molecule has 0 spiro atoms. The summed E-state index contributed by atoms with van der Waals surface area (Å²) in [7, 11) is 1.75. The SMILES string of the molecule is CC(C)N1CC2CC(c3nn(C)c(N)c3C(=O)Nc3ccc(F)c(Cl)c3)CC2C1. The number of carbonyl (C=O) groups is 1. The predicted octanol–water partition coefficient (Wildman–Crippen LogP) is 3.88. The van der Waals surface area contributed by atoms with Crippen LogP contribution in [0.25, 0.3) is 0 Å². The topological polar surface area (TPSA) is 76.2 Å². The molecule has 2 fully saturated rings. The molecule has 4 rings (SSSR count). The Hall–Kier alpha value is -2.12. The first-order chi connectivity index (χ1) is 13.7. The lowest BCUT2D eigenvalue weighted by Crippen LogP contribution is -2.29. The van der Waals surface area contributed by atoms with Crippen molar-refractivity contribution in [2.45, 2.75) is 38.6 Å². The zero-order valence-electron chi connectivity index (χ0n) is 17.0. The lowest BCUT2D eigenvalue weighted by molar-refractivity contribution is 0.102. The van der Waals surface area contributed by atoms with E-state index in [0.29, 0.717) is 34.9 Å². The van der Waals surface area contributed by atoms with Gasteiger partial charge in [-0.25, -0.2) is 4.39 Å². The van der Waals surface area contributed by atoms with Gasteiger partial charge in [0, 0.05) is 37.8 Å². The summed E-state index contributed by atoms with van der Waals surface area (Å²) < 4.78 is 15.0. The maximum absolute atomic E-state index is 13.4. The first-order valence-corrected chi connectivity index (χ1v) is 10.4. The summed E-state index contributed by atoms with van der Waals surface area (Å²) in [5.74, 6) is 0.968. The van der Waals surface area contributed by atoms with Gasteiger partial charge in [0.1, 0.15) is 17.2 Å². The van der Waals surface area contributed by atoms with E-state index in [2.05, 4.69) is 29.2 Å². The number of hydrogen-bond acceptors (Lipinski definition) is 4. The van der Waals surface area contributed by atoms with Crippen LogP contribution in [-0.2, 0) is 7.05 Å². The van der Waals surface area contributed by atoms with Crippen LogP contribution < -0.4 is 11.1 Å². The molecule has 8 heteroatoms. The Morgan fingerprint density at radius 2 is 1.97 bits per heavy atom. The van der Waals surface area contributed by atoms with E-state index in [4.69, 9.17) is 17.3 Å². The summed E-state index contributed by atoms with van der Waals surface area (Å²) >= 11 is 5.83. The maximum Gasteiger partial charge on any atom is 0.261 e. The number of fused-ring (bicyclic) bond motifs is 1. The normalized spacial score (nSPS) is 24.3. The van der Waals surface area contributed by atoms with Gasteiger partial charge >= 0.3 is 0 Å². The Bertz CT molecular complexity index is 929. The number of halogens is 2. The van der Waals surface area contributed by atoms with Gasteiger partial charge in [-0.2, -0.15) is 5.10 Å². The highest BCUT2D eigenvalue weighted by Gasteiger charge is 2.44. The van der Waals surface area contributed by atoms with Crippen LogP contribution in [0.3, 0.4) is 0 Å². The molecule has 1 aliphatic heterocycles. The van der Waals surface area contributed by atoms with Crippen LogP contribution in [0.4, 0.5) is 15.9 Å². The van der Waals surface area contributed by atoms with Crippen molar-refractivity contribution in [2.24, 2.45) is 18.9 Å². The average Bonchev–Trinajstić information content (AvgIpc) is 3.30. The van der Waals surface area contributed by atoms with Crippen LogP contribution in [-0.4, -0.2) is 39.7 Å². The van der Waals surface area contributed by atoms with Crippen molar-refractivity contribution in [3.63, 3.8) is 0 Å². The summed E-state index contributed by atoms with van der Waals surface area (Å²) in [5.41, 5.74) is 7.81. The second-order valence-electron chi connectivity index (χ2n) is 8.59. The van der Waals surface area contributed by atoms with Gasteiger partial charge in [-0.15, -0.1) is 0 Å². The zero-order valence-corrected chi connectivity index (χ0v) is 17.7. The Labute approximate surface area is 175 Å². The van der Waals surface area contributed by atoms with Crippen molar-refractivity contribution in [1.82, 2.24) is 14.7 Å². The molecule has 29 heavy (non-hydrogen) atoms. The highest BCUT2D eigenvalue weighted by Crippen LogP contribution is 2.47. The van der Waals surface area contributed by atoms with E-state index in [1.807, 2.05) is 0 Å². The molecule has 1 aromatic heterocycles. The van der Waals surface area contributed by atoms with E-state index in [9.17, 15) is 9.18 Å². The highest BCUT2D eigenvalue weighted by atomic mass is 35.5. The van der Waals surface area contributed by atoms with Gasteiger partial charge in [-0.05, 0) is 56.7 Å². The molecule has 2 atom stereocenters. The van der Waals surface area contributed by atoms with Crippen molar-refractivity contribution < 1.29 is 9.18 Å². The molecule has 1 aromatic carbocycles. The summed E-state index contributed by atoms with van der Waals surface area (Å²) in [6, 6.07) is 4.66. The molecule has 2 aromatic rings. The first-order valence-electron chi connectivity index (χ1n) is 10.1. The summed E-state index contributed by atoms with van der Waals surface area (Å²) in [6.45, 7) is 6.69. The minimum Gasteiger partial charge on any atom is -0.383 e. The smallest absolute Gasteiger partial charge is 0.261 e. The Morgan fingerprint density at radius 3 is 2.55 bits per heavy atom. The van der Waals surface area contributed by atoms with Crippen LogP contribution in [0, 0.1) is 17.7 Å². The zero-order chi connectivity index (χ0) is 20.9. The van der Waals surface area contributed by atoms with E-state index < -0.39 is 5.82 Å². The quantitative estimate of drug-likeness (QED) is 0.788. The highest BCUT2D eigenvalue weighted by molar-refractivity contribution is 6.31. The third-order valence-corrected chi connectivity index (χ3v) is 6.71. The van der Waals surface area contributed by atoms with E-state index in [0.717, 1.165) is 31.6 Å². The lowest BCUT2D eigenvalue weighted by Gasteiger charge is -2.22. The molecule has 2 unspecified atom stereocenters. The van der Waals surface area contributed by atoms with Crippen molar-refractivity contribution in [3.8, 4) is 0 Å². The van der Waals surface area contributed by atoms with Crippen LogP contribution in [0.5, 0.6) is 0 Å². The van der Waals surface area contributed by atoms with E-state index >= 15 is 0 Å². The number of benzene rings is 1. The van der Waals surface area contributed by atoms with Crippen molar-refractivity contribution >= 4 is 29.0 Å². The van der Waals surface area contributed by atoms with E-state index in [-0.39, 0.29) is 16.8 Å². The minimum atomic E-state index is -0.529. The number of carbonyl (C=O) groups excluding carboxylic acids is 1. The van der Waals surface area contributed by atoms with Gasteiger partial charge in [-0.1, -0.05) is 11.6 Å². The maximum atomic E-state index is 13.4. The molecule has 2 heterocycles. The number of anilines is 2. The number of rotatable bonds is 4. The number of aryl methyl sites for hydroxylation is 1. The number of aromatic nitrogens is 2. The molecule has 2 aliphatic rings. The number of nitrogen functional groups attached to an aromatic ring is 1. The number of hydrogen-bond donors (Lipinski definition) is 2. The number of amides is 1. The van der Waals surface area contributed by atoms with Gasteiger partial charge < -0.3 is 16.0 Å². The molecule has 1 saturated heterocycles. The van der Waals surface area contributed by atoms with E-state index in [1.54, 1.807) is 11.7 Å². The fourth-order valence-corrected chi connectivity index (χ4v) is 5.01. The molecule has 6 nitrogen and oxygen atoms in total. The molecule has 1 aliphatic carbocycles. The number of nitrogens with one attached hydrogen (secondary N) is 1. The Balaban J connectivity index is 1.55. The lowest BCUT2D eigenvalue weighted by atomic mass is 9.97. The summed E-state index contributed by atoms with van der Waals surface area (Å²) in [4.78, 5) is 15.6. The van der Waals surface area contributed by atoms with Gasteiger partial charge in [0.2, 0.25) is 0 Å². The van der Waals surface area contributed by atoms with Crippen molar-refractivity contribution in [2.75, 3.05) is 24.1 Å². The largest absolute Gasteiger partial charge is 0.383 e. The fourth-order valence-electron chi connectivity index (χ4n) is 4.83. The molecular formula is C21H27ClFN5O. The predicted molar refractivity (Wildman–Crippen MR) is 113 cm³/mol. The van der Waals surface area contributed by atoms with Gasteiger partial charge in [0.05, 0.1) is 10.7 Å². The van der Waals surface area contributed by atoms with Gasteiger partial charge in [-0.3, -0.25) is 9.48 Å². The first kappa shape index (κ1) is 20.2. The number of nitrogens with zero attached hydrogens (tertiary/aromatic N) is 3. The average molecular weight is 420 g/mol. The molecule has 0 radical (unpaired) electrons. The summed E-state index contributed by atoms with van der Waals surface area (Å²) in [6.07, 6.45) is 2.04. The third kappa shape index (κ3) is 3.73. The molecule has 1 amide bonds. The monoisotopic (exact) mass is 419 g/mol. The molecule has 1 saturated carbocycles. The third-order valence-electron chi connectivity index (χ3n) is 6.42. The van der Waals surface area contributed by atoms with Crippen LogP contribution in [0.15, 0.2) is 18.2 Å². The molecular weight excluding hydrogens is 393 g/mol. The van der Waals surface area contributed by atoms with Gasteiger partial charge in [0.15, 0.2) is 0 Å². The standard InChI is InChI=1S/C21H27ClFN5O/c1-11(2)28-9-13-6-12(7-14(13)10-28)19-18(20(24)27(3)26-19)21(29)25-15-4-5-17(23)16(22)8-15/h4-5,8,11-14H,6-7,9-10,24H2,1-3H3,(H,25,29). The van der Waals surface area contributed by atoms with Crippen LogP contribution in [0.1, 0.15) is 48.7 Å². The number of nitrogens with two attached hydrogens (primary N) is 1. The molecule has 3 N–H and O–H groups in total. The number of likely N-dealkylation sites (tertiary alicyclic amines) is 1. The van der Waals surface area contributed by atoms with E-state index in [1.165, 1.54) is 18.2 Å². The summed E-state index contributed by atoms with van der Waals surface area (Å²) in [5, 5.41) is 7.34. The van der Waals surface area contributed by atoms with Gasteiger partial charge in [0.25, 0.3) is 5.91 Å². The van der Waals surface area contributed by atoms with Crippen LogP contribution in [0.2, 0.25) is 5.02 Å². The van der Waals surface area contributed by atoms with Crippen molar-refractivity contribution in [1.29, 1.82) is 0 Å². The second-order valence-corrected chi connectivity index (χ2v) is 9.00. The molecule has 156 valence electrons. The Morgan fingerprint density at radius 1 is 1.31 bits per heavy atom.